The van der Waals surface area contributed by atoms with Gasteiger partial charge in [0, 0.05) is 17.1 Å². The molecule has 8 nitrogen and oxygen atoms in total. The zero-order valence-corrected chi connectivity index (χ0v) is 19.6. The third-order valence-corrected chi connectivity index (χ3v) is 5.15. The second kappa shape index (κ2) is 10.3. The minimum Gasteiger partial charge on any atom is -0.454 e. The van der Waals surface area contributed by atoms with Crippen molar-refractivity contribution in [1.82, 2.24) is 15.3 Å². The van der Waals surface area contributed by atoms with E-state index in [1.165, 1.54) is 5.56 Å². The Hall–Kier alpha value is -3.72. The van der Waals surface area contributed by atoms with Crippen LogP contribution >= 0.6 is 12.2 Å². The number of aryl methyl sites for hydroxylation is 3. The van der Waals surface area contributed by atoms with E-state index < -0.39 is 0 Å². The van der Waals surface area contributed by atoms with Gasteiger partial charge in [0.25, 0.3) is 0 Å². The summed E-state index contributed by atoms with van der Waals surface area (Å²) in [6, 6.07) is 15.7. The van der Waals surface area contributed by atoms with Crippen molar-refractivity contribution in [3.63, 3.8) is 0 Å². The first-order valence-corrected chi connectivity index (χ1v) is 11.1. The normalized spacial score (nSPS) is 12.4. The third kappa shape index (κ3) is 5.95. The number of aromatic nitrogens is 2. The van der Waals surface area contributed by atoms with Gasteiger partial charge < -0.3 is 20.1 Å². The van der Waals surface area contributed by atoms with Crippen LogP contribution in [0.1, 0.15) is 29.4 Å². The molecule has 0 aliphatic carbocycles. The highest BCUT2D eigenvalue weighted by Crippen LogP contribution is 2.32. The minimum absolute atomic E-state index is 0.236. The van der Waals surface area contributed by atoms with Gasteiger partial charge in [-0.2, -0.15) is 0 Å². The summed E-state index contributed by atoms with van der Waals surface area (Å²) >= 11 is 5.56. The molecule has 0 amide bonds. The molecule has 1 aromatic heterocycles. The number of hydrogen-bond acceptors (Lipinski definition) is 6. The standard InChI is InChI=1S/C24H26N6O2S/c1-4-18-7-5-6-8-19(18)28-24(33)30-22(29-23-26-15(2)11-16(3)27-23)25-13-17-9-10-20-21(12-17)32-14-31-20/h5-12H,4,13-14H2,1-3H3,(H3,25,26,27,28,29,30,33). The summed E-state index contributed by atoms with van der Waals surface area (Å²) in [6.45, 7) is 6.58. The first-order valence-electron chi connectivity index (χ1n) is 10.7. The van der Waals surface area contributed by atoms with Gasteiger partial charge in [-0.25, -0.2) is 15.0 Å². The second-order valence-electron chi connectivity index (χ2n) is 7.54. The second-order valence-corrected chi connectivity index (χ2v) is 7.95. The molecule has 4 rings (SSSR count). The number of rotatable bonds is 5. The number of nitrogens with one attached hydrogen (secondary N) is 3. The maximum absolute atomic E-state index is 5.56. The van der Waals surface area contributed by atoms with Crippen LogP contribution in [0.25, 0.3) is 0 Å². The van der Waals surface area contributed by atoms with E-state index in [0.29, 0.717) is 23.6 Å². The van der Waals surface area contributed by atoms with Gasteiger partial charge in [0.05, 0.1) is 6.54 Å². The average molecular weight is 463 g/mol. The molecular formula is C24H26N6O2S. The van der Waals surface area contributed by atoms with Gasteiger partial charge in [-0.3, -0.25) is 5.32 Å². The van der Waals surface area contributed by atoms with Gasteiger partial charge in [0.2, 0.25) is 18.7 Å². The number of guanidine groups is 1. The number of anilines is 2. The lowest BCUT2D eigenvalue weighted by Crippen LogP contribution is -2.39. The molecule has 0 atom stereocenters. The molecule has 1 aliphatic heterocycles. The number of nitrogens with zero attached hydrogens (tertiary/aromatic N) is 3. The van der Waals surface area contributed by atoms with Crippen molar-refractivity contribution in [2.75, 3.05) is 17.4 Å². The summed E-state index contributed by atoms with van der Waals surface area (Å²) in [4.78, 5) is 13.6. The molecule has 1 aliphatic rings. The summed E-state index contributed by atoms with van der Waals surface area (Å²) in [5.41, 5.74) is 4.81. The highest BCUT2D eigenvalue weighted by atomic mass is 32.1. The van der Waals surface area contributed by atoms with Crippen LogP contribution in [0.3, 0.4) is 0 Å². The van der Waals surface area contributed by atoms with Crippen LogP contribution in [0, 0.1) is 13.8 Å². The molecule has 2 aromatic carbocycles. The Morgan fingerprint density at radius 2 is 1.76 bits per heavy atom. The van der Waals surface area contributed by atoms with E-state index in [4.69, 9.17) is 21.7 Å². The molecule has 33 heavy (non-hydrogen) atoms. The Kier molecular flexibility index (Phi) is 6.99. The van der Waals surface area contributed by atoms with Crippen LogP contribution in [-0.2, 0) is 13.0 Å². The first kappa shape index (κ1) is 22.5. The lowest BCUT2D eigenvalue weighted by atomic mass is 10.1. The predicted octanol–water partition coefficient (Wildman–Crippen LogP) is 4.34. The van der Waals surface area contributed by atoms with E-state index >= 15 is 0 Å². The SMILES string of the molecule is CCc1ccccc1NC(=S)NC(=NCc1ccc2c(c1)OCO2)Nc1nc(C)cc(C)n1. The molecule has 0 spiro atoms. The number of hydrogen-bond donors (Lipinski definition) is 3. The Bertz CT molecular complexity index is 1180. The van der Waals surface area contributed by atoms with Gasteiger partial charge in [0.15, 0.2) is 16.6 Å². The van der Waals surface area contributed by atoms with Gasteiger partial charge in [-0.1, -0.05) is 31.2 Å². The van der Waals surface area contributed by atoms with Crippen LogP contribution in [0.15, 0.2) is 53.5 Å². The van der Waals surface area contributed by atoms with E-state index in [1.807, 2.05) is 56.3 Å². The smallest absolute Gasteiger partial charge is 0.231 e. The summed E-state index contributed by atoms with van der Waals surface area (Å²) in [6.07, 6.45) is 0.894. The van der Waals surface area contributed by atoms with Crippen molar-refractivity contribution < 1.29 is 9.47 Å². The van der Waals surface area contributed by atoms with Gasteiger partial charge in [-0.15, -0.1) is 0 Å². The monoisotopic (exact) mass is 462 g/mol. The fourth-order valence-corrected chi connectivity index (χ4v) is 3.63. The summed E-state index contributed by atoms with van der Waals surface area (Å²) in [7, 11) is 0. The van der Waals surface area contributed by atoms with Crippen molar-refractivity contribution in [2.24, 2.45) is 4.99 Å². The molecule has 0 bridgehead atoms. The maximum atomic E-state index is 5.56. The van der Waals surface area contributed by atoms with E-state index in [2.05, 4.69) is 43.9 Å². The van der Waals surface area contributed by atoms with E-state index in [0.717, 1.165) is 40.6 Å². The summed E-state index contributed by atoms with van der Waals surface area (Å²) in [5, 5.41) is 9.98. The third-order valence-electron chi connectivity index (χ3n) is 4.95. The topological polar surface area (TPSA) is 92.7 Å². The van der Waals surface area contributed by atoms with Crippen molar-refractivity contribution in [3.8, 4) is 11.5 Å². The zero-order valence-electron chi connectivity index (χ0n) is 18.8. The summed E-state index contributed by atoms with van der Waals surface area (Å²) < 4.78 is 10.9. The molecule has 2 heterocycles. The fourth-order valence-electron chi connectivity index (χ4n) is 3.42. The van der Waals surface area contributed by atoms with Gasteiger partial charge in [0.1, 0.15) is 0 Å². The first-order chi connectivity index (χ1) is 16.0. The highest BCUT2D eigenvalue weighted by molar-refractivity contribution is 7.80. The van der Waals surface area contributed by atoms with Crippen LogP contribution in [0.5, 0.6) is 11.5 Å². The molecule has 3 N–H and O–H groups in total. The number of para-hydroxylation sites is 1. The Balaban J connectivity index is 1.53. The van der Waals surface area contributed by atoms with Crippen LogP contribution < -0.4 is 25.4 Å². The van der Waals surface area contributed by atoms with Crippen molar-refractivity contribution >= 4 is 34.9 Å². The largest absolute Gasteiger partial charge is 0.454 e. The van der Waals surface area contributed by atoms with Gasteiger partial charge >= 0.3 is 0 Å². The molecule has 0 saturated heterocycles. The molecule has 170 valence electrons. The quantitative estimate of drug-likeness (QED) is 0.293. The molecule has 3 aromatic rings. The van der Waals surface area contributed by atoms with Crippen molar-refractivity contribution in [1.29, 1.82) is 0 Å². The number of aliphatic imine (C=N–C) groups is 1. The molecular weight excluding hydrogens is 436 g/mol. The van der Waals surface area contributed by atoms with E-state index in [9.17, 15) is 0 Å². The number of benzene rings is 2. The van der Waals surface area contributed by atoms with Crippen LogP contribution in [-0.4, -0.2) is 27.8 Å². The van der Waals surface area contributed by atoms with E-state index in [1.54, 1.807) is 0 Å². The van der Waals surface area contributed by atoms with Crippen LogP contribution in [0.4, 0.5) is 11.6 Å². The molecule has 0 unspecified atom stereocenters. The Morgan fingerprint density at radius 1 is 1.00 bits per heavy atom. The molecule has 0 radical (unpaired) electrons. The lowest BCUT2D eigenvalue weighted by molar-refractivity contribution is 0.174. The predicted molar refractivity (Wildman–Crippen MR) is 134 cm³/mol. The number of ether oxygens (including phenoxy) is 2. The molecule has 0 fully saturated rings. The Labute approximate surface area is 198 Å². The Morgan fingerprint density at radius 3 is 2.55 bits per heavy atom. The molecule has 9 heteroatoms. The minimum atomic E-state index is 0.236. The highest BCUT2D eigenvalue weighted by Gasteiger charge is 2.13. The van der Waals surface area contributed by atoms with Gasteiger partial charge in [-0.05, 0) is 67.9 Å². The maximum Gasteiger partial charge on any atom is 0.231 e. The van der Waals surface area contributed by atoms with Crippen molar-refractivity contribution in [3.05, 3.63) is 71.0 Å². The van der Waals surface area contributed by atoms with E-state index in [-0.39, 0.29) is 6.79 Å². The average Bonchev–Trinajstić information content (AvgIpc) is 3.25. The lowest BCUT2D eigenvalue weighted by Gasteiger charge is -2.16. The zero-order chi connectivity index (χ0) is 23.2. The number of fused-ring (bicyclic) bond motifs is 1. The van der Waals surface area contributed by atoms with Crippen molar-refractivity contribution in [2.45, 2.75) is 33.7 Å². The number of thiocarbonyl (C=S) groups is 1. The molecule has 0 saturated carbocycles. The fraction of sp³-hybridized carbons (Fsp3) is 0.250. The van der Waals surface area contributed by atoms with Crippen LogP contribution in [0.2, 0.25) is 0 Å². The summed E-state index contributed by atoms with van der Waals surface area (Å²) in [5.74, 6) is 2.34.